The fourth-order valence-corrected chi connectivity index (χ4v) is 4.75. The first-order chi connectivity index (χ1) is 14.5. The van der Waals surface area contributed by atoms with Crippen molar-refractivity contribution in [1.82, 2.24) is 9.97 Å². The number of thioether (sulfide) groups is 1. The summed E-state index contributed by atoms with van der Waals surface area (Å²) in [6, 6.07) is 16.4. The summed E-state index contributed by atoms with van der Waals surface area (Å²) in [6.07, 6.45) is 0. The summed E-state index contributed by atoms with van der Waals surface area (Å²) in [4.78, 5) is 44.2. The second-order valence-corrected chi connectivity index (χ2v) is 8.36. The lowest BCUT2D eigenvalue weighted by atomic mass is 10.1. The molecule has 150 valence electrons. The highest BCUT2D eigenvalue weighted by atomic mass is 32.2. The van der Waals surface area contributed by atoms with E-state index in [2.05, 4.69) is 15.3 Å². The number of fused-ring (bicyclic) bond motifs is 1. The van der Waals surface area contributed by atoms with Gasteiger partial charge in [0, 0.05) is 29.1 Å². The number of rotatable bonds is 6. The number of aromatic nitrogens is 2. The molecular weight excluding hydrogens is 418 g/mol. The lowest BCUT2D eigenvalue weighted by molar-refractivity contribution is -0.114. The van der Waals surface area contributed by atoms with Gasteiger partial charge in [0.1, 0.15) is 4.83 Å². The summed E-state index contributed by atoms with van der Waals surface area (Å²) in [7, 11) is 0. The van der Waals surface area contributed by atoms with Crippen LogP contribution in [0.5, 0.6) is 0 Å². The number of nitrogens with zero attached hydrogens (tertiary/aromatic N) is 1. The molecule has 0 radical (unpaired) electrons. The summed E-state index contributed by atoms with van der Waals surface area (Å²) >= 11 is 2.60. The number of anilines is 1. The first kappa shape index (κ1) is 20.1. The first-order valence-corrected chi connectivity index (χ1v) is 11.0. The molecule has 0 unspecified atom stereocenters. The summed E-state index contributed by atoms with van der Waals surface area (Å²) in [5.74, 6) is -0.113. The van der Waals surface area contributed by atoms with E-state index < -0.39 is 0 Å². The zero-order chi connectivity index (χ0) is 21.1. The van der Waals surface area contributed by atoms with Crippen LogP contribution in [0.2, 0.25) is 0 Å². The van der Waals surface area contributed by atoms with Gasteiger partial charge in [-0.15, -0.1) is 11.3 Å². The second kappa shape index (κ2) is 8.64. The van der Waals surface area contributed by atoms with E-state index in [9.17, 15) is 14.4 Å². The SMILES string of the molecule is CC(=O)Nc1ccc(C(=O)CSc2nc3scc(-c4ccccc4)c3c(=O)[nH]2)cc1. The number of H-pyrrole nitrogens is 1. The molecule has 4 aromatic rings. The van der Waals surface area contributed by atoms with Gasteiger partial charge in [0.2, 0.25) is 5.91 Å². The number of benzene rings is 2. The molecule has 0 aliphatic rings. The van der Waals surface area contributed by atoms with Crippen molar-refractivity contribution in [2.45, 2.75) is 12.1 Å². The van der Waals surface area contributed by atoms with Crippen molar-refractivity contribution in [2.24, 2.45) is 0 Å². The average Bonchev–Trinajstić information content (AvgIpc) is 3.17. The van der Waals surface area contributed by atoms with E-state index in [-0.39, 0.29) is 23.0 Å². The van der Waals surface area contributed by atoms with Crippen LogP contribution in [0.25, 0.3) is 21.3 Å². The number of carbonyl (C=O) groups excluding carboxylic acids is 2. The lowest BCUT2D eigenvalue weighted by Crippen LogP contribution is -2.10. The van der Waals surface area contributed by atoms with Gasteiger partial charge in [-0.05, 0) is 29.8 Å². The van der Waals surface area contributed by atoms with Gasteiger partial charge >= 0.3 is 0 Å². The van der Waals surface area contributed by atoms with Gasteiger partial charge in [-0.2, -0.15) is 0 Å². The van der Waals surface area contributed by atoms with Crippen molar-refractivity contribution < 1.29 is 9.59 Å². The molecule has 6 nitrogen and oxygen atoms in total. The van der Waals surface area contributed by atoms with Gasteiger partial charge < -0.3 is 10.3 Å². The van der Waals surface area contributed by atoms with Crippen molar-refractivity contribution in [3.63, 3.8) is 0 Å². The molecule has 0 saturated carbocycles. The number of Topliss-reactive ketones (excluding diaryl/α,β-unsaturated/α-hetero) is 1. The van der Waals surface area contributed by atoms with Crippen molar-refractivity contribution in [3.8, 4) is 11.1 Å². The van der Waals surface area contributed by atoms with E-state index in [4.69, 9.17) is 0 Å². The molecule has 8 heteroatoms. The third-order valence-corrected chi connectivity index (χ3v) is 6.12. The Morgan fingerprint density at radius 2 is 1.83 bits per heavy atom. The quantitative estimate of drug-likeness (QED) is 0.263. The molecule has 0 aliphatic heterocycles. The number of nitrogens with one attached hydrogen (secondary N) is 2. The first-order valence-electron chi connectivity index (χ1n) is 9.12. The molecule has 0 aliphatic carbocycles. The minimum atomic E-state index is -0.213. The zero-order valence-corrected chi connectivity index (χ0v) is 17.6. The fourth-order valence-electron chi connectivity index (χ4n) is 2.99. The van der Waals surface area contributed by atoms with E-state index in [1.165, 1.54) is 30.0 Å². The monoisotopic (exact) mass is 435 g/mol. The molecule has 0 saturated heterocycles. The molecule has 2 N–H and O–H groups in total. The second-order valence-electron chi connectivity index (χ2n) is 6.54. The number of carbonyl (C=O) groups is 2. The Hall–Kier alpha value is -3.23. The van der Waals surface area contributed by atoms with E-state index in [0.29, 0.717) is 26.6 Å². The van der Waals surface area contributed by atoms with Crippen LogP contribution in [0.4, 0.5) is 5.69 Å². The van der Waals surface area contributed by atoms with Gasteiger partial charge in [0.05, 0.1) is 11.1 Å². The molecule has 2 aromatic heterocycles. The normalized spacial score (nSPS) is 10.8. The number of hydrogen-bond acceptors (Lipinski definition) is 6. The molecule has 0 fully saturated rings. The van der Waals surface area contributed by atoms with Crippen LogP contribution in [0, 0.1) is 0 Å². The maximum Gasteiger partial charge on any atom is 0.260 e. The van der Waals surface area contributed by atoms with Crippen LogP contribution in [0.3, 0.4) is 0 Å². The smallest absolute Gasteiger partial charge is 0.260 e. The van der Waals surface area contributed by atoms with Crippen LogP contribution in [0.15, 0.2) is 69.9 Å². The van der Waals surface area contributed by atoms with Crippen LogP contribution >= 0.6 is 23.1 Å². The lowest BCUT2D eigenvalue weighted by Gasteiger charge is -2.05. The fraction of sp³-hybridized carbons (Fsp3) is 0.0909. The number of aromatic amines is 1. The standard InChI is InChI=1S/C22H17N3O3S2/c1-13(26)23-16-9-7-15(8-10-16)18(27)12-30-22-24-20(28)19-17(11-29-21(19)25-22)14-5-3-2-4-6-14/h2-11H,12H2,1H3,(H,23,26)(H,24,25,28). The summed E-state index contributed by atoms with van der Waals surface area (Å²) < 4.78 is 0. The van der Waals surface area contributed by atoms with Gasteiger partial charge in [-0.1, -0.05) is 42.1 Å². The largest absolute Gasteiger partial charge is 0.326 e. The Morgan fingerprint density at radius 1 is 1.10 bits per heavy atom. The number of hydrogen-bond donors (Lipinski definition) is 2. The van der Waals surface area contributed by atoms with Crippen molar-refractivity contribution in [2.75, 3.05) is 11.1 Å². The summed E-state index contributed by atoms with van der Waals surface area (Å²) in [5, 5.41) is 5.57. The number of thiophene rings is 1. The minimum Gasteiger partial charge on any atom is -0.326 e. The average molecular weight is 436 g/mol. The third-order valence-electron chi connectivity index (χ3n) is 4.37. The molecule has 30 heavy (non-hydrogen) atoms. The molecule has 2 aromatic carbocycles. The Kier molecular flexibility index (Phi) is 5.78. The highest BCUT2D eigenvalue weighted by Crippen LogP contribution is 2.31. The Labute approximate surface area is 180 Å². The van der Waals surface area contributed by atoms with Gasteiger partial charge in [0.15, 0.2) is 10.9 Å². The van der Waals surface area contributed by atoms with Crippen molar-refractivity contribution >= 4 is 50.7 Å². The molecule has 1 amide bonds. The van der Waals surface area contributed by atoms with Gasteiger partial charge in [-0.3, -0.25) is 14.4 Å². The molecule has 0 bridgehead atoms. The zero-order valence-electron chi connectivity index (χ0n) is 16.0. The maximum absolute atomic E-state index is 12.7. The van der Waals surface area contributed by atoms with Gasteiger partial charge in [0.25, 0.3) is 5.56 Å². The topological polar surface area (TPSA) is 91.9 Å². The highest BCUT2D eigenvalue weighted by Gasteiger charge is 2.14. The molecule has 0 spiro atoms. The Balaban J connectivity index is 1.50. The predicted octanol–water partition coefficient (Wildman–Crippen LogP) is 4.59. The number of ketones is 1. The van der Waals surface area contributed by atoms with Crippen LogP contribution in [0.1, 0.15) is 17.3 Å². The molecule has 0 atom stereocenters. The van der Waals surface area contributed by atoms with Gasteiger partial charge in [-0.25, -0.2) is 4.98 Å². The van der Waals surface area contributed by atoms with E-state index in [1.807, 2.05) is 35.7 Å². The molecule has 4 rings (SSSR count). The Morgan fingerprint density at radius 3 is 2.53 bits per heavy atom. The van der Waals surface area contributed by atoms with E-state index in [0.717, 1.165) is 11.1 Å². The molecule has 2 heterocycles. The van der Waals surface area contributed by atoms with Crippen molar-refractivity contribution in [1.29, 1.82) is 0 Å². The third kappa shape index (κ3) is 4.34. The van der Waals surface area contributed by atoms with Crippen LogP contribution in [-0.2, 0) is 4.79 Å². The van der Waals surface area contributed by atoms with Crippen LogP contribution < -0.4 is 10.9 Å². The minimum absolute atomic E-state index is 0.0896. The van der Waals surface area contributed by atoms with E-state index >= 15 is 0 Å². The van der Waals surface area contributed by atoms with Crippen molar-refractivity contribution in [3.05, 3.63) is 75.9 Å². The molecular formula is C22H17N3O3S2. The number of amides is 1. The van der Waals surface area contributed by atoms with Crippen LogP contribution in [-0.4, -0.2) is 27.4 Å². The van der Waals surface area contributed by atoms with E-state index in [1.54, 1.807) is 24.3 Å². The maximum atomic E-state index is 12.7. The summed E-state index contributed by atoms with van der Waals surface area (Å²) in [6.45, 7) is 1.43. The predicted molar refractivity (Wildman–Crippen MR) is 121 cm³/mol. The highest BCUT2D eigenvalue weighted by molar-refractivity contribution is 7.99. The Bertz CT molecular complexity index is 1280. The summed E-state index contributed by atoms with van der Waals surface area (Å²) in [5.41, 5.74) is 2.78.